The average Bonchev–Trinajstić information content (AvgIpc) is 2.38. The van der Waals surface area contributed by atoms with Crippen LogP contribution in [-0.4, -0.2) is 29.8 Å². The fourth-order valence-electron chi connectivity index (χ4n) is 1.43. The molecule has 0 atom stereocenters. The van der Waals surface area contributed by atoms with Gasteiger partial charge in [0.1, 0.15) is 6.54 Å². The van der Waals surface area contributed by atoms with Crippen LogP contribution in [0.25, 0.3) is 10.8 Å². The molecule has 6 heteroatoms. The summed E-state index contributed by atoms with van der Waals surface area (Å²) in [5.74, 6) is 0.140. The lowest BCUT2D eigenvalue weighted by atomic mass is 10.2. The smallest absolute Gasteiger partial charge is 0.325 e. The van der Waals surface area contributed by atoms with Gasteiger partial charge in [-0.2, -0.15) is 0 Å². The van der Waals surface area contributed by atoms with Crippen LogP contribution in [0.15, 0.2) is 24.3 Å². The van der Waals surface area contributed by atoms with Crippen LogP contribution in [0.5, 0.6) is 0 Å². The molecule has 0 bridgehead atoms. The summed E-state index contributed by atoms with van der Waals surface area (Å²) in [7, 11) is 1.33. The molecule has 0 aliphatic carbocycles. The maximum atomic E-state index is 11.0. The summed E-state index contributed by atoms with van der Waals surface area (Å²) in [6.07, 6.45) is 0. The van der Waals surface area contributed by atoms with E-state index in [0.717, 1.165) is 10.8 Å². The molecule has 2 aromatic rings. The third-order valence-electron chi connectivity index (χ3n) is 2.27. The molecule has 0 spiro atoms. The normalized spacial score (nSPS) is 10.2. The molecule has 1 heterocycles. The van der Waals surface area contributed by atoms with Gasteiger partial charge in [0.2, 0.25) is 0 Å². The van der Waals surface area contributed by atoms with Crippen LogP contribution in [0.4, 0.5) is 5.82 Å². The van der Waals surface area contributed by atoms with Gasteiger partial charge in [0.05, 0.1) is 7.11 Å². The molecule has 5 nitrogen and oxygen atoms in total. The number of ether oxygens (including phenoxy) is 1. The van der Waals surface area contributed by atoms with E-state index in [-0.39, 0.29) is 12.5 Å². The van der Waals surface area contributed by atoms with E-state index < -0.39 is 0 Å². The number of nitrogens with zero attached hydrogens (tertiary/aromatic N) is 2. The first kappa shape index (κ1) is 11.6. The standard InChI is InChI=1S/C11H10ClN3O2/c1-17-9(16)6-13-11-8-5-3-2-4-7(8)10(12)14-15-11/h2-5H,6H2,1H3,(H,13,15). The predicted octanol–water partition coefficient (Wildman–Crippen LogP) is 1.87. The molecule has 17 heavy (non-hydrogen) atoms. The molecule has 0 amide bonds. The quantitative estimate of drug-likeness (QED) is 0.844. The molecule has 88 valence electrons. The van der Waals surface area contributed by atoms with Crippen LogP contribution in [0.2, 0.25) is 5.15 Å². The van der Waals surface area contributed by atoms with Gasteiger partial charge in [-0.15, -0.1) is 10.2 Å². The zero-order chi connectivity index (χ0) is 12.3. The Bertz CT molecular complexity index is 559. The SMILES string of the molecule is COC(=O)CNc1nnc(Cl)c2ccccc12. The monoisotopic (exact) mass is 251 g/mol. The first-order chi connectivity index (χ1) is 8.22. The van der Waals surface area contributed by atoms with Crippen molar-refractivity contribution >= 4 is 34.2 Å². The molecule has 0 fully saturated rings. The number of hydrogen-bond donors (Lipinski definition) is 1. The number of fused-ring (bicyclic) bond motifs is 1. The second-order valence-corrected chi connectivity index (χ2v) is 3.67. The largest absolute Gasteiger partial charge is 0.468 e. The van der Waals surface area contributed by atoms with Gasteiger partial charge in [0.15, 0.2) is 11.0 Å². The van der Waals surface area contributed by atoms with Gasteiger partial charge < -0.3 is 10.1 Å². The number of nitrogens with one attached hydrogen (secondary N) is 1. The van der Waals surface area contributed by atoms with Crippen molar-refractivity contribution in [3.63, 3.8) is 0 Å². The number of benzene rings is 1. The van der Waals surface area contributed by atoms with Crippen molar-refractivity contribution in [2.24, 2.45) is 0 Å². The van der Waals surface area contributed by atoms with Gasteiger partial charge in [0, 0.05) is 10.8 Å². The van der Waals surface area contributed by atoms with E-state index >= 15 is 0 Å². The van der Waals surface area contributed by atoms with E-state index in [2.05, 4.69) is 20.3 Å². The Balaban J connectivity index is 2.35. The first-order valence-electron chi connectivity index (χ1n) is 4.94. The van der Waals surface area contributed by atoms with Crippen molar-refractivity contribution in [1.29, 1.82) is 0 Å². The molecule has 1 aromatic heterocycles. The lowest BCUT2D eigenvalue weighted by Gasteiger charge is -2.07. The van der Waals surface area contributed by atoms with Crippen molar-refractivity contribution in [2.45, 2.75) is 0 Å². The Morgan fingerprint density at radius 3 is 2.76 bits per heavy atom. The highest BCUT2D eigenvalue weighted by Gasteiger charge is 2.08. The van der Waals surface area contributed by atoms with Crippen LogP contribution in [0.3, 0.4) is 0 Å². The van der Waals surface area contributed by atoms with Crippen LogP contribution < -0.4 is 5.32 Å². The molecule has 1 aromatic carbocycles. The predicted molar refractivity (Wildman–Crippen MR) is 65.1 cm³/mol. The Morgan fingerprint density at radius 1 is 1.35 bits per heavy atom. The van der Waals surface area contributed by atoms with Gasteiger partial charge in [-0.25, -0.2) is 0 Å². The average molecular weight is 252 g/mol. The minimum atomic E-state index is -0.370. The summed E-state index contributed by atoms with van der Waals surface area (Å²) < 4.78 is 4.53. The zero-order valence-electron chi connectivity index (χ0n) is 9.11. The molecule has 0 saturated heterocycles. The molecular formula is C11H10ClN3O2. The number of hydrogen-bond acceptors (Lipinski definition) is 5. The Morgan fingerprint density at radius 2 is 2.06 bits per heavy atom. The number of carbonyl (C=O) groups is 1. The molecule has 0 saturated carbocycles. The highest BCUT2D eigenvalue weighted by Crippen LogP contribution is 2.25. The fraction of sp³-hybridized carbons (Fsp3) is 0.182. The Kier molecular flexibility index (Phi) is 3.39. The molecular weight excluding hydrogens is 242 g/mol. The zero-order valence-corrected chi connectivity index (χ0v) is 9.86. The summed E-state index contributed by atoms with van der Waals surface area (Å²) in [5.41, 5.74) is 0. The number of rotatable bonds is 3. The van der Waals surface area contributed by atoms with Crippen LogP contribution in [-0.2, 0) is 9.53 Å². The van der Waals surface area contributed by atoms with E-state index in [9.17, 15) is 4.79 Å². The van der Waals surface area contributed by atoms with Gasteiger partial charge in [-0.05, 0) is 0 Å². The third kappa shape index (κ3) is 2.45. The lowest BCUT2D eigenvalue weighted by molar-refractivity contribution is -0.138. The second-order valence-electron chi connectivity index (χ2n) is 3.31. The summed E-state index contributed by atoms with van der Waals surface area (Å²) in [4.78, 5) is 11.0. The number of esters is 1. The number of aromatic nitrogens is 2. The van der Waals surface area contributed by atoms with Crippen molar-refractivity contribution in [3.05, 3.63) is 29.4 Å². The minimum absolute atomic E-state index is 0.0385. The van der Waals surface area contributed by atoms with E-state index in [1.54, 1.807) is 0 Å². The third-order valence-corrected chi connectivity index (χ3v) is 2.55. The summed E-state index contributed by atoms with van der Waals surface area (Å²) in [6, 6.07) is 7.43. The molecule has 0 aliphatic heterocycles. The van der Waals surface area contributed by atoms with Crippen LogP contribution in [0.1, 0.15) is 0 Å². The van der Waals surface area contributed by atoms with Crippen molar-refractivity contribution in [3.8, 4) is 0 Å². The lowest BCUT2D eigenvalue weighted by Crippen LogP contribution is -2.16. The first-order valence-corrected chi connectivity index (χ1v) is 5.32. The topological polar surface area (TPSA) is 64.1 Å². The molecule has 0 unspecified atom stereocenters. The van der Waals surface area contributed by atoms with E-state index in [1.807, 2.05) is 24.3 Å². The Hall–Kier alpha value is -1.88. The van der Waals surface area contributed by atoms with E-state index in [0.29, 0.717) is 11.0 Å². The summed E-state index contributed by atoms with van der Waals surface area (Å²) >= 11 is 5.93. The van der Waals surface area contributed by atoms with E-state index in [1.165, 1.54) is 7.11 Å². The molecule has 0 aliphatic rings. The number of methoxy groups -OCH3 is 1. The van der Waals surface area contributed by atoms with Crippen molar-refractivity contribution < 1.29 is 9.53 Å². The summed E-state index contributed by atoms with van der Waals surface area (Å²) in [6.45, 7) is 0.0385. The van der Waals surface area contributed by atoms with Crippen LogP contribution in [0, 0.1) is 0 Å². The van der Waals surface area contributed by atoms with Crippen molar-refractivity contribution in [2.75, 3.05) is 19.0 Å². The van der Waals surface area contributed by atoms with Gasteiger partial charge in [0.25, 0.3) is 0 Å². The van der Waals surface area contributed by atoms with Crippen LogP contribution >= 0.6 is 11.6 Å². The number of anilines is 1. The van der Waals surface area contributed by atoms with Crippen molar-refractivity contribution in [1.82, 2.24) is 10.2 Å². The summed E-state index contributed by atoms with van der Waals surface area (Å²) in [5, 5.41) is 12.5. The highest BCUT2D eigenvalue weighted by atomic mass is 35.5. The molecule has 1 N–H and O–H groups in total. The molecule has 2 rings (SSSR count). The molecule has 0 radical (unpaired) electrons. The highest BCUT2D eigenvalue weighted by molar-refractivity contribution is 6.34. The van der Waals surface area contributed by atoms with Gasteiger partial charge in [-0.1, -0.05) is 35.9 Å². The van der Waals surface area contributed by atoms with Gasteiger partial charge >= 0.3 is 5.97 Å². The maximum absolute atomic E-state index is 11.0. The fourth-order valence-corrected chi connectivity index (χ4v) is 1.63. The Labute approximate surface area is 103 Å². The minimum Gasteiger partial charge on any atom is -0.468 e. The van der Waals surface area contributed by atoms with Gasteiger partial charge in [-0.3, -0.25) is 4.79 Å². The number of halogens is 1. The second kappa shape index (κ2) is 4.97. The maximum Gasteiger partial charge on any atom is 0.325 e. The number of carbonyl (C=O) groups excluding carboxylic acids is 1. The van der Waals surface area contributed by atoms with E-state index in [4.69, 9.17) is 11.6 Å².